The molecular formula is C22H22Br2ClN7O3. The van der Waals surface area contributed by atoms with Crippen LogP contribution in [0.2, 0.25) is 5.02 Å². The van der Waals surface area contributed by atoms with Crippen LogP contribution in [0.25, 0.3) is 0 Å². The van der Waals surface area contributed by atoms with E-state index in [9.17, 15) is 5.11 Å². The Labute approximate surface area is 224 Å². The minimum absolute atomic E-state index is 0.0170. The molecule has 3 aromatic rings. The maximum absolute atomic E-state index is 9.99. The number of halogens is 3. The van der Waals surface area contributed by atoms with Crippen LogP contribution < -0.4 is 20.4 Å². The number of aromatic hydroxyl groups is 1. The topological polar surface area (TPSA) is 117 Å². The molecule has 2 heterocycles. The fraction of sp³-hybridized carbons (Fsp3) is 0.273. The number of aromatic nitrogens is 3. The smallest absolute Gasteiger partial charge is 0.250 e. The minimum Gasteiger partial charge on any atom is -0.503 e. The van der Waals surface area contributed by atoms with E-state index in [1.807, 2.05) is 17.9 Å². The molecule has 0 amide bonds. The van der Waals surface area contributed by atoms with E-state index in [0.29, 0.717) is 59.0 Å². The molecule has 0 unspecified atom stereocenters. The Morgan fingerprint density at radius 3 is 2.60 bits per heavy atom. The number of hydrogen-bond donors (Lipinski definition) is 3. The molecule has 0 radical (unpaired) electrons. The zero-order valence-corrected chi connectivity index (χ0v) is 22.8. The number of phenols is 1. The van der Waals surface area contributed by atoms with Crippen molar-refractivity contribution >= 4 is 73.2 Å². The third-order valence-electron chi connectivity index (χ3n) is 5.06. The number of phenolic OH excluding ortho intramolecular Hbond substituents is 1. The molecule has 35 heavy (non-hydrogen) atoms. The van der Waals surface area contributed by atoms with Gasteiger partial charge in [0.2, 0.25) is 17.8 Å². The maximum atomic E-state index is 9.99. The predicted octanol–water partition coefficient (Wildman–Crippen LogP) is 5.10. The van der Waals surface area contributed by atoms with Crippen LogP contribution in [-0.2, 0) is 4.74 Å². The molecular weight excluding hydrogens is 606 g/mol. The Morgan fingerprint density at radius 2 is 1.86 bits per heavy atom. The number of nitrogens with one attached hydrogen (secondary N) is 2. The highest BCUT2D eigenvalue weighted by molar-refractivity contribution is 9.11. The van der Waals surface area contributed by atoms with Crippen LogP contribution in [0.1, 0.15) is 11.1 Å². The molecule has 13 heteroatoms. The molecule has 0 bridgehead atoms. The van der Waals surface area contributed by atoms with Crippen molar-refractivity contribution in [2.75, 3.05) is 49.1 Å². The Kier molecular flexibility index (Phi) is 8.26. The van der Waals surface area contributed by atoms with Crippen LogP contribution in [0.4, 0.5) is 23.5 Å². The van der Waals surface area contributed by atoms with Gasteiger partial charge in [0.25, 0.3) is 0 Å². The van der Waals surface area contributed by atoms with Crippen LogP contribution in [0, 0.1) is 6.92 Å². The summed E-state index contributed by atoms with van der Waals surface area (Å²) in [5.74, 6) is 1.41. The van der Waals surface area contributed by atoms with Crippen molar-refractivity contribution in [2.24, 2.45) is 5.10 Å². The first kappa shape index (κ1) is 25.4. The van der Waals surface area contributed by atoms with Crippen molar-refractivity contribution in [1.82, 2.24) is 15.0 Å². The summed E-state index contributed by atoms with van der Waals surface area (Å²) >= 11 is 13.2. The number of nitrogens with zero attached hydrogens (tertiary/aromatic N) is 5. The fourth-order valence-corrected chi connectivity index (χ4v) is 4.41. The summed E-state index contributed by atoms with van der Waals surface area (Å²) in [7, 11) is 1.48. The summed E-state index contributed by atoms with van der Waals surface area (Å²) in [6.07, 6.45) is 1.56. The first-order chi connectivity index (χ1) is 16.8. The van der Waals surface area contributed by atoms with Crippen LogP contribution in [0.3, 0.4) is 0 Å². The Hall–Kier alpha value is -2.67. The number of aryl methyl sites for hydroxylation is 1. The van der Waals surface area contributed by atoms with Crippen LogP contribution in [0.5, 0.6) is 11.5 Å². The molecule has 0 atom stereocenters. The van der Waals surface area contributed by atoms with Gasteiger partial charge in [-0.05, 0) is 74.2 Å². The van der Waals surface area contributed by atoms with E-state index in [-0.39, 0.29) is 11.7 Å². The normalized spacial score (nSPS) is 13.8. The lowest BCUT2D eigenvalue weighted by molar-refractivity contribution is 0.122. The quantitative estimate of drug-likeness (QED) is 0.243. The molecule has 0 aliphatic carbocycles. The second kappa shape index (κ2) is 11.4. The van der Waals surface area contributed by atoms with Crippen molar-refractivity contribution in [2.45, 2.75) is 6.92 Å². The minimum atomic E-state index is 0.0170. The number of anilines is 4. The van der Waals surface area contributed by atoms with E-state index >= 15 is 0 Å². The van der Waals surface area contributed by atoms with Crippen molar-refractivity contribution in [3.63, 3.8) is 0 Å². The molecule has 4 rings (SSSR count). The highest BCUT2D eigenvalue weighted by atomic mass is 79.9. The van der Waals surface area contributed by atoms with Gasteiger partial charge in [0.1, 0.15) is 0 Å². The zero-order valence-electron chi connectivity index (χ0n) is 18.8. The van der Waals surface area contributed by atoms with E-state index in [4.69, 9.17) is 21.1 Å². The number of hydrogen-bond acceptors (Lipinski definition) is 10. The molecule has 0 saturated carbocycles. The van der Waals surface area contributed by atoms with E-state index in [1.165, 1.54) is 7.11 Å². The molecule has 1 saturated heterocycles. The molecule has 10 nitrogen and oxygen atoms in total. The summed E-state index contributed by atoms with van der Waals surface area (Å²) < 4.78 is 11.9. The van der Waals surface area contributed by atoms with Crippen molar-refractivity contribution < 1.29 is 14.6 Å². The first-order valence-corrected chi connectivity index (χ1v) is 12.5. The van der Waals surface area contributed by atoms with E-state index in [0.717, 1.165) is 15.7 Å². The maximum Gasteiger partial charge on any atom is 0.250 e. The summed E-state index contributed by atoms with van der Waals surface area (Å²) in [5.41, 5.74) is 5.22. The summed E-state index contributed by atoms with van der Waals surface area (Å²) in [6.45, 7) is 4.43. The molecule has 1 aromatic heterocycles. The number of ether oxygens (including phenoxy) is 2. The van der Waals surface area contributed by atoms with E-state index < -0.39 is 0 Å². The van der Waals surface area contributed by atoms with Crippen molar-refractivity contribution in [3.8, 4) is 11.5 Å². The lowest BCUT2D eigenvalue weighted by atomic mass is 10.2. The van der Waals surface area contributed by atoms with Gasteiger partial charge < -0.3 is 24.8 Å². The Morgan fingerprint density at radius 1 is 1.11 bits per heavy atom. The van der Waals surface area contributed by atoms with Crippen LogP contribution in [-0.4, -0.2) is 59.7 Å². The van der Waals surface area contributed by atoms with Gasteiger partial charge in [-0.3, -0.25) is 0 Å². The third-order valence-corrected chi connectivity index (χ3v) is 6.73. The number of morpholine rings is 1. The Balaban J connectivity index is 1.61. The van der Waals surface area contributed by atoms with Gasteiger partial charge in [0.05, 0.1) is 36.7 Å². The lowest BCUT2D eigenvalue weighted by Gasteiger charge is -2.27. The highest BCUT2D eigenvalue weighted by Gasteiger charge is 2.17. The van der Waals surface area contributed by atoms with Gasteiger partial charge in [0.15, 0.2) is 11.5 Å². The number of benzene rings is 2. The zero-order chi connectivity index (χ0) is 24.9. The predicted molar refractivity (Wildman–Crippen MR) is 144 cm³/mol. The van der Waals surface area contributed by atoms with Gasteiger partial charge in [-0.1, -0.05) is 11.6 Å². The second-order valence-electron chi connectivity index (χ2n) is 7.51. The van der Waals surface area contributed by atoms with Crippen LogP contribution in [0.15, 0.2) is 38.3 Å². The number of hydrazone groups is 1. The molecule has 1 aliphatic rings. The first-order valence-electron chi connectivity index (χ1n) is 10.5. The average molecular weight is 628 g/mol. The fourth-order valence-electron chi connectivity index (χ4n) is 3.23. The van der Waals surface area contributed by atoms with E-state index in [2.05, 4.69) is 62.7 Å². The van der Waals surface area contributed by atoms with E-state index in [1.54, 1.807) is 24.4 Å². The standard InChI is InChI=1S/C22H22Br2ClN7O3/c1-12-7-14(23)17(10-16(12)25)27-20-28-21(30-22(29-20)32-3-5-35-6-4-32)31-26-11-13-8-15(24)19(33)18(9-13)34-2/h7-11,33H,3-6H2,1-2H3,(H2,27,28,29,30,31)/b26-11-. The molecule has 0 spiro atoms. The van der Waals surface area contributed by atoms with Gasteiger partial charge in [0, 0.05) is 22.6 Å². The molecule has 1 fully saturated rings. The second-order valence-corrected chi connectivity index (χ2v) is 9.63. The van der Waals surface area contributed by atoms with Gasteiger partial charge in [-0.15, -0.1) is 0 Å². The molecule has 184 valence electrons. The number of rotatable bonds is 7. The monoisotopic (exact) mass is 625 g/mol. The third kappa shape index (κ3) is 6.31. The Bertz CT molecular complexity index is 1260. The average Bonchev–Trinajstić information content (AvgIpc) is 2.85. The molecule has 3 N–H and O–H groups in total. The SMILES string of the molecule is COc1cc(/C=N\Nc2nc(Nc3cc(Cl)c(C)cc3Br)nc(N3CCOCC3)n2)cc(Br)c1O. The highest BCUT2D eigenvalue weighted by Crippen LogP contribution is 2.35. The summed E-state index contributed by atoms with van der Waals surface area (Å²) in [6, 6.07) is 7.09. The van der Waals surface area contributed by atoms with Gasteiger partial charge >= 0.3 is 0 Å². The lowest BCUT2D eigenvalue weighted by Crippen LogP contribution is -2.37. The number of methoxy groups -OCH3 is 1. The summed E-state index contributed by atoms with van der Waals surface area (Å²) in [5, 5.41) is 18.1. The molecule has 1 aliphatic heterocycles. The summed E-state index contributed by atoms with van der Waals surface area (Å²) in [4.78, 5) is 15.6. The van der Waals surface area contributed by atoms with Crippen molar-refractivity contribution in [1.29, 1.82) is 0 Å². The largest absolute Gasteiger partial charge is 0.503 e. The van der Waals surface area contributed by atoms with Crippen molar-refractivity contribution in [3.05, 3.63) is 49.4 Å². The van der Waals surface area contributed by atoms with Gasteiger partial charge in [-0.25, -0.2) is 5.43 Å². The molecule has 2 aromatic carbocycles. The van der Waals surface area contributed by atoms with Crippen LogP contribution >= 0.6 is 43.5 Å². The van der Waals surface area contributed by atoms with Gasteiger partial charge in [-0.2, -0.15) is 20.1 Å².